The summed E-state index contributed by atoms with van der Waals surface area (Å²) in [6.45, 7) is 2.57. The van der Waals surface area contributed by atoms with E-state index in [9.17, 15) is 9.59 Å². The minimum Gasteiger partial charge on any atom is -0.492 e. The van der Waals surface area contributed by atoms with Gasteiger partial charge in [0.05, 0.1) is 16.6 Å². The molecule has 1 saturated carbocycles. The second-order valence-electron chi connectivity index (χ2n) is 7.86. The number of benzene rings is 2. The first-order chi connectivity index (χ1) is 15.0. The van der Waals surface area contributed by atoms with Crippen LogP contribution in [0.1, 0.15) is 67.8 Å². The topological polar surface area (TPSA) is 64.6 Å². The zero-order valence-electron chi connectivity index (χ0n) is 18.0. The van der Waals surface area contributed by atoms with E-state index in [0.717, 1.165) is 42.3 Å². The molecule has 0 bridgehead atoms. The Bertz CT molecular complexity index is 876. The maximum atomic E-state index is 12.3. The number of hydrogen-bond donors (Lipinski definition) is 1. The normalized spacial score (nSPS) is 14.1. The molecule has 0 atom stereocenters. The first-order valence-corrected chi connectivity index (χ1v) is 11.9. The number of aryl methyl sites for hydroxylation is 1. The molecular weight excluding hydrogens is 458 g/mol. The molecule has 1 aliphatic carbocycles. The lowest BCUT2D eigenvalue weighted by Gasteiger charge is -2.21. The molecule has 1 aliphatic rings. The molecule has 1 N–H and O–H groups in total. The minimum absolute atomic E-state index is 0.0352. The molecule has 166 valence electrons. The van der Waals surface area contributed by atoms with Crippen LogP contribution in [0.15, 0.2) is 46.9 Å². The second-order valence-corrected chi connectivity index (χ2v) is 8.72. The lowest BCUT2D eigenvalue weighted by Crippen LogP contribution is -2.21. The third-order valence-corrected chi connectivity index (χ3v) is 6.06. The number of amides is 1. The van der Waals surface area contributed by atoms with Crippen molar-refractivity contribution in [3.05, 3.63) is 58.1 Å². The lowest BCUT2D eigenvalue weighted by molar-refractivity contribution is -0.116. The summed E-state index contributed by atoms with van der Waals surface area (Å²) in [5.74, 6) is 0.412. The molecule has 0 saturated heterocycles. The fourth-order valence-corrected chi connectivity index (χ4v) is 4.15. The Hall–Kier alpha value is -2.34. The fraction of sp³-hybridized carbons (Fsp3) is 0.440. The number of carbonyl (C=O) groups is 2. The number of nitrogens with one attached hydrogen (secondary N) is 1. The average Bonchev–Trinajstić information content (AvgIpc) is 2.78. The SMILES string of the molecule is CCc1ccc(OCCCC(=O)Nc2ccc(C(=O)OC3CCCCC3)cc2)c(Br)c1. The summed E-state index contributed by atoms with van der Waals surface area (Å²) in [4.78, 5) is 24.5. The number of halogens is 1. The molecule has 0 aliphatic heterocycles. The van der Waals surface area contributed by atoms with Crippen molar-refractivity contribution in [1.29, 1.82) is 0 Å². The zero-order chi connectivity index (χ0) is 22.1. The first kappa shape index (κ1) is 23.3. The van der Waals surface area contributed by atoms with E-state index in [0.29, 0.717) is 30.7 Å². The predicted molar refractivity (Wildman–Crippen MR) is 126 cm³/mol. The minimum atomic E-state index is -0.292. The molecule has 0 heterocycles. The Labute approximate surface area is 192 Å². The largest absolute Gasteiger partial charge is 0.492 e. The van der Waals surface area contributed by atoms with Crippen molar-refractivity contribution in [2.75, 3.05) is 11.9 Å². The summed E-state index contributed by atoms with van der Waals surface area (Å²) in [7, 11) is 0. The van der Waals surface area contributed by atoms with Crippen molar-refractivity contribution < 1.29 is 19.1 Å². The van der Waals surface area contributed by atoms with E-state index in [4.69, 9.17) is 9.47 Å². The van der Waals surface area contributed by atoms with Gasteiger partial charge in [-0.05, 0) is 96.4 Å². The molecule has 0 unspecified atom stereocenters. The smallest absolute Gasteiger partial charge is 0.338 e. The van der Waals surface area contributed by atoms with E-state index in [1.54, 1.807) is 24.3 Å². The van der Waals surface area contributed by atoms with Gasteiger partial charge in [-0.15, -0.1) is 0 Å². The van der Waals surface area contributed by atoms with Crippen LogP contribution in [0.5, 0.6) is 5.75 Å². The van der Waals surface area contributed by atoms with Gasteiger partial charge < -0.3 is 14.8 Å². The zero-order valence-corrected chi connectivity index (χ0v) is 19.6. The van der Waals surface area contributed by atoms with Crippen LogP contribution < -0.4 is 10.1 Å². The van der Waals surface area contributed by atoms with Crippen molar-refractivity contribution in [1.82, 2.24) is 0 Å². The highest BCUT2D eigenvalue weighted by atomic mass is 79.9. The summed E-state index contributed by atoms with van der Waals surface area (Å²) in [5, 5.41) is 2.86. The van der Waals surface area contributed by atoms with Crippen LogP contribution >= 0.6 is 15.9 Å². The Balaban J connectivity index is 1.38. The summed E-state index contributed by atoms with van der Waals surface area (Å²) in [6, 6.07) is 12.9. The molecule has 31 heavy (non-hydrogen) atoms. The summed E-state index contributed by atoms with van der Waals surface area (Å²) in [6.07, 6.45) is 7.34. The van der Waals surface area contributed by atoms with Gasteiger partial charge in [0.1, 0.15) is 11.9 Å². The monoisotopic (exact) mass is 487 g/mol. The number of carbonyl (C=O) groups excluding carboxylic acids is 2. The molecular formula is C25H30BrNO4. The van der Waals surface area contributed by atoms with Gasteiger partial charge in [-0.2, -0.15) is 0 Å². The Morgan fingerprint density at radius 2 is 1.81 bits per heavy atom. The van der Waals surface area contributed by atoms with Gasteiger partial charge in [-0.1, -0.05) is 19.4 Å². The Morgan fingerprint density at radius 1 is 1.06 bits per heavy atom. The van der Waals surface area contributed by atoms with Crippen molar-refractivity contribution in [3.8, 4) is 5.75 Å². The number of anilines is 1. The van der Waals surface area contributed by atoms with Crippen molar-refractivity contribution in [2.45, 2.75) is 64.4 Å². The van der Waals surface area contributed by atoms with E-state index >= 15 is 0 Å². The van der Waals surface area contributed by atoms with E-state index in [-0.39, 0.29) is 18.0 Å². The number of hydrogen-bond acceptors (Lipinski definition) is 4. The van der Waals surface area contributed by atoms with Gasteiger partial charge in [-0.3, -0.25) is 4.79 Å². The molecule has 0 aromatic heterocycles. The van der Waals surface area contributed by atoms with E-state index in [1.165, 1.54) is 12.0 Å². The maximum absolute atomic E-state index is 12.3. The standard InChI is InChI=1S/C25H30BrNO4/c1-2-18-10-15-23(22(26)17-18)30-16-6-9-24(28)27-20-13-11-19(12-14-20)25(29)31-21-7-4-3-5-8-21/h10-15,17,21H,2-9,16H2,1H3,(H,27,28). The van der Waals surface area contributed by atoms with E-state index in [2.05, 4.69) is 34.2 Å². The highest BCUT2D eigenvalue weighted by molar-refractivity contribution is 9.10. The van der Waals surface area contributed by atoms with Gasteiger partial charge in [0.2, 0.25) is 5.91 Å². The molecule has 5 nitrogen and oxygen atoms in total. The number of esters is 1. The highest BCUT2D eigenvalue weighted by Crippen LogP contribution is 2.26. The first-order valence-electron chi connectivity index (χ1n) is 11.1. The van der Waals surface area contributed by atoms with Crippen LogP contribution in [-0.2, 0) is 16.0 Å². The molecule has 2 aromatic rings. The van der Waals surface area contributed by atoms with E-state index in [1.807, 2.05) is 12.1 Å². The van der Waals surface area contributed by atoms with Crippen LogP contribution in [0.3, 0.4) is 0 Å². The molecule has 2 aromatic carbocycles. The summed E-state index contributed by atoms with van der Waals surface area (Å²) < 4.78 is 12.3. The summed E-state index contributed by atoms with van der Waals surface area (Å²) >= 11 is 3.52. The van der Waals surface area contributed by atoms with Crippen molar-refractivity contribution in [3.63, 3.8) is 0 Å². The molecule has 6 heteroatoms. The van der Waals surface area contributed by atoms with Gasteiger partial charge in [0.25, 0.3) is 0 Å². The van der Waals surface area contributed by atoms with E-state index < -0.39 is 0 Å². The molecule has 1 fully saturated rings. The molecule has 0 radical (unpaired) electrons. The van der Waals surface area contributed by atoms with Crippen LogP contribution in [0, 0.1) is 0 Å². The van der Waals surface area contributed by atoms with Crippen LogP contribution in [0.4, 0.5) is 5.69 Å². The summed E-state index contributed by atoms with van der Waals surface area (Å²) in [5.41, 5.74) is 2.42. The predicted octanol–water partition coefficient (Wildman–Crippen LogP) is 6.30. The molecule has 1 amide bonds. The molecule has 3 rings (SSSR count). The second kappa shape index (κ2) is 11.9. The quantitative estimate of drug-likeness (QED) is 0.333. The van der Waals surface area contributed by atoms with Crippen LogP contribution in [0.25, 0.3) is 0 Å². The maximum Gasteiger partial charge on any atom is 0.338 e. The van der Waals surface area contributed by atoms with Crippen molar-refractivity contribution >= 4 is 33.5 Å². The van der Waals surface area contributed by atoms with Gasteiger partial charge in [0.15, 0.2) is 0 Å². The Kier molecular flexibility index (Phi) is 8.95. The highest BCUT2D eigenvalue weighted by Gasteiger charge is 2.18. The average molecular weight is 488 g/mol. The molecule has 0 spiro atoms. The third-order valence-electron chi connectivity index (χ3n) is 5.44. The van der Waals surface area contributed by atoms with Crippen LogP contribution in [-0.4, -0.2) is 24.6 Å². The Morgan fingerprint density at radius 3 is 2.48 bits per heavy atom. The van der Waals surface area contributed by atoms with Gasteiger partial charge >= 0.3 is 5.97 Å². The lowest BCUT2D eigenvalue weighted by atomic mass is 9.98. The van der Waals surface area contributed by atoms with Crippen molar-refractivity contribution in [2.24, 2.45) is 0 Å². The van der Waals surface area contributed by atoms with Gasteiger partial charge in [-0.25, -0.2) is 4.79 Å². The number of rotatable bonds is 9. The third kappa shape index (κ3) is 7.39. The fourth-order valence-electron chi connectivity index (χ4n) is 3.61. The number of ether oxygens (including phenoxy) is 2. The van der Waals surface area contributed by atoms with Gasteiger partial charge in [0, 0.05) is 12.1 Å². The van der Waals surface area contributed by atoms with Crippen LogP contribution in [0.2, 0.25) is 0 Å².